The van der Waals surface area contributed by atoms with Crippen molar-refractivity contribution in [3.63, 3.8) is 0 Å². The fourth-order valence-corrected chi connectivity index (χ4v) is 2.08. The first-order valence-electron chi connectivity index (χ1n) is 6.72. The Morgan fingerprint density at radius 1 is 1.10 bits per heavy atom. The average molecular weight is 268 g/mol. The van der Waals surface area contributed by atoms with Gasteiger partial charge in [-0.2, -0.15) is 0 Å². The lowest BCUT2D eigenvalue weighted by Gasteiger charge is -2.11. The third kappa shape index (κ3) is 3.85. The molecule has 0 aliphatic carbocycles. The van der Waals surface area contributed by atoms with Crippen LogP contribution in [0, 0.1) is 13.8 Å². The highest BCUT2D eigenvalue weighted by atomic mass is 16.1. The van der Waals surface area contributed by atoms with Crippen molar-refractivity contribution in [3.8, 4) is 0 Å². The van der Waals surface area contributed by atoms with Gasteiger partial charge in [-0.25, -0.2) is 0 Å². The molecule has 104 valence electrons. The first-order valence-corrected chi connectivity index (χ1v) is 6.72. The second kappa shape index (κ2) is 6.24. The summed E-state index contributed by atoms with van der Waals surface area (Å²) in [6, 6.07) is 14.4. The molecule has 0 fully saturated rings. The Bertz CT molecular complexity index is 620. The molecule has 0 bridgehead atoms. The van der Waals surface area contributed by atoms with Gasteiger partial charge < -0.3 is 10.6 Å². The van der Waals surface area contributed by atoms with Crippen molar-refractivity contribution in [2.45, 2.75) is 27.3 Å². The van der Waals surface area contributed by atoms with E-state index in [1.165, 1.54) is 18.1 Å². The van der Waals surface area contributed by atoms with Gasteiger partial charge in [0.2, 0.25) is 5.91 Å². The van der Waals surface area contributed by atoms with Crippen LogP contribution in [-0.4, -0.2) is 5.91 Å². The van der Waals surface area contributed by atoms with Crippen LogP contribution in [0.25, 0.3) is 0 Å². The van der Waals surface area contributed by atoms with Crippen LogP contribution in [0.15, 0.2) is 42.5 Å². The summed E-state index contributed by atoms with van der Waals surface area (Å²) in [5.74, 6) is -0.0519. The first-order chi connectivity index (χ1) is 9.54. The number of carbonyl (C=O) groups is 1. The van der Waals surface area contributed by atoms with Crippen molar-refractivity contribution in [1.29, 1.82) is 0 Å². The monoisotopic (exact) mass is 268 g/mol. The van der Waals surface area contributed by atoms with Crippen LogP contribution in [0.3, 0.4) is 0 Å². The number of carbonyl (C=O) groups excluding carboxylic acids is 1. The van der Waals surface area contributed by atoms with E-state index < -0.39 is 0 Å². The van der Waals surface area contributed by atoms with Crippen molar-refractivity contribution in [2.24, 2.45) is 0 Å². The summed E-state index contributed by atoms with van der Waals surface area (Å²) < 4.78 is 0. The zero-order valence-corrected chi connectivity index (χ0v) is 12.2. The van der Waals surface area contributed by atoms with E-state index in [1.807, 2.05) is 25.1 Å². The number of anilines is 2. The molecule has 2 N–H and O–H groups in total. The molecule has 20 heavy (non-hydrogen) atoms. The van der Waals surface area contributed by atoms with Gasteiger partial charge in [0.15, 0.2) is 0 Å². The van der Waals surface area contributed by atoms with Crippen molar-refractivity contribution >= 4 is 17.3 Å². The molecule has 3 nitrogen and oxygen atoms in total. The van der Waals surface area contributed by atoms with Gasteiger partial charge in [-0.3, -0.25) is 4.79 Å². The Kier molecular flexibility index (Phi) is 4.41. The SMILES string of the molecule is CC(=O)Nc1cc(NCc2cccc(C)c2)ccc1C. The molecule has 0 saturated carbocycles. The average Bonchev–Trinajstić information content (AvgIpc) is 2.39. The molecular formula is C17H20N2O. The normalized spacial score (nSPS) is 10.2. The van der Waals surface area contributed by atoms with Crippen LogP contribution in [0.2, 0.25) is 0 Å². The maximum absolute atomic E-state index is 11.2. The van der Waals surface area contributed by atoms with E-state index in [2.05, 4.69) is 41.8 Å². The van der Waals surface area contributed by atoms with Crippen molar-refractivity contribution in [3.05, 3.63) is 59.2 Å². The van der Waals surface area contributed by atoms with Crippen LogP contribution < -0.4 is 10.6 Å². The fraction of sp³-hybridized carbons (Fsp3) is 0.235. The highest BCUT2D eigenvalue weighted by Gasteiger charge is 2.02. The lowest BCUT2D eigenvalue weighted by atomic mass is 10.1. The summed E-state index contributed by atoms with van der Waals surface area (Å²) in [6.07, 6.45) is 0. The van der Waals surface area contributed by atoms with E-state index in [1.54, 1.807) is 0 Å². The van der Waals surface area contributed by atoms with Crippen LogP contribution in [-0.2, 0) is 11.3 Å². The minimum absolute atomic E-state index is 0.0519. The molecule has 2 rings (SSSR count). The molecule has 2 aromatic carbocycles. The van der Waals surface area contributed by atoms with Gasteiger partial charge in [-0.1, -0.05) is 35.9 Å². The molecule has 0 aliphatic rings. The summed E-state index contributed by atoms with van der Waals surface area (Å²) >= 11 is 0. The van der Waals surface area contributed by atoms with E-state index in [-0.39, 0.29) is 5.91 Å². The minimum Gasteiger partial charge on any atom is -0.381 e. The molecule has 0 spiro atoms. The maximum Gasteiger partial charge on any atom is 0.221 e. The number of benzene rings is 2. The Hall–Kier alpha value is -2.29. The number of rotatable bonds is 4. The van der Waals surface area contributed by atoms with E-state index in [4.69, 9.17) is 0 Å². The Labute approximate surface area is 120 Å². The molecule has 0 aromatic heterocycles. The summed E-state index contributed by atoms with van der Waals surface area (Å²) in [5, 5.41) is 6.22. The van der Waals surface area contributed by atoms with E-state index in [0.717, 1.165) is 23.5 Å². The molecule has 0 atom stereocenters. The lowest BCUT2D eigenvalue weighted by molar-refractivity contribution is -0.114. The number of aryl methyl sites for hydroxylation is 2. The third-order valence-corrected chi connectivity index (χ3v) is 3.13. The van der Waals surface area contributed by atoms with Crippen LogP contribution in [0.5, 0.6) is 0 Å². The van der Waals surface area contributed by atoms with Crippen molar-refractivity contribution in [2.75, 3.05) is 10.6 Å². The Balaban J connectivity index is 2.08. The predicted molar refractivity (Wildman–Crippen MR) is 84.0 cm³/mol. The van der Waals surface area contributed by atoms with Gasteiger partial charge in [0, 0.05) is 24.8 Å². The molecule has 1 amide bonds. The largest absolute Gasteiger partial charge is 0.381 e. The summed E-state index contributed by atoms with van der Waals surface area (Å²) in [4.78, 5) is 11.2. The molecule has 2 aromatic rings. The van der Waals surface area contributed by atoms with E-state index >= 15 is 0 Å². The number of hydrogen-bond acceptors (Lipinski definition) is 2. The molecule has 0 heterocycles. The topological polar surface area (TPSA) is 41.1 Å². The highest BCUT2D eigenvalue weighted by Crippen LogP contribution is 2.21. The molecule has 0 unspecified atom stereocenters. The fourth-order valence-electron chi connectivity index (χ4n) is 2.08. The number of nitrogens with one attached hydrogen (secondary N) is 2. The predicted octanol–water partition coefficient (Wildman–Crippen LogP) is 3.87. The van der Waals surface area contributed by atoms with Crippen molar-refractivity contribution in [1.82, 2.24) is 0 Å². The zero-order valence-electron chi connectivity index (χ0n) is 12.2. The summed E-state index contributed by atoms with van der Waals surface area (Å²) in [7, 11) is 0. The first kappa shape index (κ1) is 14.1. The molecule has 0 radical (unpaired) electrons. The summed E-state index contributed by atoms with van der Waals surface area (Å²) in [5.41, 5.74) is 5.41. The Morgan fingerprint density at radius 3 is 2.60 bits per heavy atom. The minimum atomic E-state index is -0.0519. The van der Waals surface area contributed by atoms with Gasteiger partial charge in [-0.05, 0) is 37.1 Å². The van der Waals surface area contributed by atoms with E-state index in [9.17, 15) is 4.79 Å². The van der Waals surface area contributed by atoms with Gasteiger partial charge in [0.05, 0.1) is 0 Å². The van der Waals surface area contributed by atoms with Crippen LogP contribution in [0.1, 0.15) is 23.6 Å². The van der Waals surface area contributed by atoms with Crippen molar-refractivity contribution < 1.29 is 4.79 Å². The molecular weight excluding hydrogens is 248 g/mol. The van der Waals surface area contributed by atoms with Gasteiger partial charge in [0.25, 0.3) is 0 Å². The number of amides is 1. The van der Waals surface area contributed by atoms with Gasteiger partial charge in [0.1, 0.15) is 0 Å². The molecule has 0 aliphatic heterocycles. The van der Waals surface area contributed by atoms with Gasteiger partial charge in [-0.15, -0.1) is 0 Å². The molecule has 0 saturated heterocycles. The standard InChI is InChI=1S/C17H20N2O/c1-12-5-4-6-15(9-12)11-18-16-8-7-13(2)17(10-16)19-14(3)20/h4-10,18H,11H2,1-3H3,(H,19,20). The number of hydrogen-bond donors (Lipinski definition) is 2. The van der Waals surface area contributed by atoms with Crippen LogP contribution in [0.4, 0.5) is 11.4 Å². The third-order valence-electron chi connectivity index (χ3n) is 3.13. The second-order valence-corrected chi connectivity index (χ2v) is 5.05. The highest BCUT2D eigenvalue weighted by molar-refractivity contribution is 5.90. The van der Waals surface area contributed by atoms with Crippen LogP contribution >= 0.6 is 0 Å². The molecule has 3 heteroatoms. The lowest BCUT2D eigenvalue weighted by Crippen LogP contribution is -2.08. The second-order valence-electron chi connectivity index (χ2n) is 5.05. The quantitative estimate of drug-likeness (QED) is 0.883. The van der Waals surface area contributed by atoms with E-state index in [0.29, 0.717) is 0 Å². The zero-order chi connectivity index (χ0) is 14.5. The smallest absolute Gasteiger partial charge is 0.221 e. The maximum atomic E-state index is 11.2. The van der Waals surface area contributed by atoms with Gasteiger partial charge >= 0.3 is 0 Å². The summed E-state index contributed by atoms with van der Waals surface area (Å²) in [6.45, 7) is 6.36. The Morgan fingerprint density at radius 2 is 1.90 bits per heavy atom.